The average Bonchev–Trinajstić information content (AvgIpc) is 3.18. The molecule has 0 saturated heterocycles. The third-order valence-electron chi connectivity index (χ3n) is 5.44. The number of hydrogen-bond acceptors (Lipinski definition) is 3. The zero-order valence-electron chi connectivity index (χ0n) is 15.8. The second-order valence-electron chi connectivity index (χ2n) is 7.23. The van der Waals surface area contributed by atoms with Crippen LogP contribution in [0.3, 0.4) is 0 Å². The lowest BCUT2D eigenvalue weighted by Gasteiger charge is -2.08. The van der Waals surface area contributed by atoms with Gasteiger partial charge in [0.05, 0.1) is 5.69 Å². The summed E-state index contributed by atoms with van der Waals surface area (Å²) in [5.41, 5.74) is 4.25. The molecule has 0 amide bonds. The number of aromatic nitrogens is 2. The highest BCUT2D eigenvalue weighted by atomic mass is 35.5. The van der Waals surface area contributed by atoms with Crippen LogP contribution in [0.15, 0.2) is 91.0 Å². The van der Waals surface area contributed by atoms with Crippen molar-refractivity contribution in [1.82, 2.24) is 9.97 Å². The van der Waals surface area contributed by atoms with Gasteiger partial charge in [-0.1, -0.05) is 78.9 Å². The first-order valence-corrected chi connectivity index (χ1v) is 10.9. The molecule has 0 bridgehead atoms. The fourth-order valence-corrected chi connectivity index (χ4v) is 5.41. The van der Waals surface area contributed by atoms with Crippen LogP contribution in [0.5, 0.6) is 0 Å². The maximum atomic E-state index is 6.36. The molecule has 0 atom stereocenters. The second kappa shape index (κ2) is 6.91. The van der Waals surface area contributed by atoms with Gasteiger partial charge in [-0.2, -0.15) is 0 Å². The van der Waals surface area contributed by atoms with Crippen molar-refractivity contribution in [1.29, 1.82) is 0 Å². The van der Waals surface area contributed by atoms with Crippen molar-refractivity contribution in [3.63, 3.8) is 0 Å². The van der Waals surface area contributed by atoms with E-state index >= 15 is 0 Å². The minimum Gasteiger partial charge on any atom is -0.217 e. The Balaban J connectivity index is 1.70. The summed E-state index contributed by atoms with van der Waals surface area (Å²) in [6, 6.07) is 31.7. The zero-order chi connectivity index (χ0) is 20.1. The Labute approximate surface area is 182 Å². The molecule has 0 saturated carbocycles. The van der Waals surface area contributed by atoms with E-state index in [9.17, 15) is 0 Å². The van der Waals surface area contributed by atoms with Crippen LogP contribution in [0.4, 0.5) is 0 Å². The van der Waals surface area contributed by atoms with E-state index in [1.165, 1.54) is 26.4 Å². The molecule has 2 aromatic heterocycles. The third-order valence-corrected chi connectivity index (χ3v) is 6.66. The van der Waals surface area contributed by atoms with Gasteiger partial charge in [-0.15, -0.1) is 11.3 Å². The maximum Gasteiger partial charge on any atom is 0.224 e. The summed E-state index contributed by atoms with van der Waals surface area (Å²) in [6.45, 7) is 0. The van der Waals surface area contributed by atoms with E-state index < -0.39 is 0 Å². The molecule has 0 N–H and O–H groups in total. The van der Waals surface area contributed by atoms with Gasteiger partial charge in [-0.05, 0) is 45.6 Å². The maximum absolute atomic E-state index is 6.36. The number of thiophene rings is 1. The van der Waals surface area contributed by atoms with E-state index in [1.54, 1.807) is 11.3 Å². The summed E-state index contributed by atoms with van der Waals surface area (Å²) in [5.74, 6) is 0. The lowest BCUT2D eigenvalue weighted by Crippen LogP contribution is -1.90. The van der Waals surface area contributed by atoms with Crippen LogP contribution in [0.2, 0.25) is 5.28 Å². The van der Waals surface area contributed by atoms with Crippen LogP contribution in [0, 0.1) is 0 Å². The zero-order valence-corrected chi connectivity index (χ0v) is 17.4. The molecule has 0 spiro atoms. The van der Waals surface area contributed by atoms with Crippen LogP contribution in [-0.2, 0) is 0 Å². The van der Waals surface area contributed by atoms with Gasteiger partial charge in [0.25, 0.3) is 0 Å². The highest BCUT2D eigenvalue weighted by molar-refractivity contribution is 7.25. The van der Waals surface area contributed by atoms with Gasteiger partial charge < -0.3 is 0 Å². The smallest absolute Gasteiger partial charge is 0.217 e. The second-order valence-corrected chi connectivity index (χ2v) is 8.60. The molecule has 0 aliphatic rings. The predicted octanol–water partition coefficient (Wildman–Crippen LogP) is 7.99. The summed E-state index contributed by atoms with van der Waals surface area (Å²) in [7, 11) is 0. The first-order chi connectivity index (χ1) is 14.8. The minimum atomic E-state index is 0.276. The summed E-state index contributed by atoms with van der Waals surface area (Å²) < 4.78 is 1.20. The van der Waals surface area contributed by atoms with E-state index in [4.69, 9.17) is 16.6 Å². The lowest BCUT2D eigenvalue weighted by atomic mass is 9.98. The third kappa shape index (κ3) is 2.78. The Morgan fingerprint density at radius 2 is 1.40 bits per heavy atom. The van der Waals surface area contributed by atoms with Gasteiger partial charge in [-0.25, -0.2) is 9.97 Å². The standard InChI is InChI=1S/C26H15ClN2S/c27-26-28-24(19-11-6-10-18(15-19)16-7-2-1-3-8-16)23-22-20-12-5-4-9-17(20)13-14-21(22)30-25(23)29-26/h1-15H. The number of hydrogen-bond donors (Lipinski definition) is 0. The topological polar surface area (TPSA) is 25.8 Å². The van der Waals surface area contributed by atoms with Gasteiger partial charge in [0.2, 0.25) is 5.28 Å². The monoisotopic (exact) mass is 422 g/mol. The lowest BCUT2D eigenvalue weighted by molar-refractivity contribution is 1.24. The van der Waals surface area contributed by atoms with Crippen molar-refractivity contribution >= 4 is 54.0 Å². The number of fused-ring (bicyclic) bond motifs is 5. The van der Waals surface area contributed by atoms with Crippen LogP contribution < -0.4 is 0 Å². The van der Waals surface area contributed by atoms with Gasteiger partial charge in [0, 0.05) is 21.0 Å². The number of benzene rings is 4. The van der Waals surface area contributed by atoms with Crippen LogP contribution in [0.1, 0.15) is 0 Å². The predicted molar refractivity (Wildman–Crippen MR) is 128 cm³/mol. The number of rotatable bonds is 2. The van der Waals surface area contributed by atoms with Crippen LogP contribution in [-0.4, -0.2) is 9.97 Å². The van der Waals surface area contributed by atoms with E-state index in [0.29, 0.717) is 0 Å². The minimum absolute atomic E-state index is 0.276. The molecule has 0 aliphatic carbocycles. The molecule has 4 heteroatoms. The van der Waals surface area contributed by atoms with E-state index in [2.05, 4.69) is 89.9 Å². The normalized spacial score (nSPS) is 11.5. The summed E-state index contributed by atoms with van der Waals surface area (Å²) >= 11 is 8.03. The molecular weight excluding hydrogens is 408 g/mol. The largest absolute Gasteiger partial charge is 0.224 e. The Bertz CT molecular complexity index is 1550. The SMILES string of the molecule is Clc1nc(-c2cccc(-c3ccccc3)c2)c2c(n1)sc1ccc3ccccc3c12. The molecule has 0 radical (unpaired) electrons. The Morgan fingerprint density at radius 1 is 0.633 bits per heavy atom. The van der Waals surface area contributed by atoms with Crippen molar-refractivity contribution in [3.8, 4) is 22.4 Å². The molecule has 30 heavy (non-hydrogen) atoms. The van der Waals surface area contributed by atoms with Gasteiger partial charge in [-0.3, -0.25) is 0 Å². The molecule has 0 unspecified atom stereocenters. The van der Waals surface area contributed by atoms with Gasteiger partial charge in [0.15, 0.2) is 0 Å². The molecule has 0 fully saturated rings. The molecule has 2 nitrogen and oxygen atoms in total. The summed E-state index contributed by atoms with van der Waals surface area (Å²) in [4.78, 5) is 10.2. The van der Waals surface area contributed by atoms with E-state index in [-0.39, 0.29) is 5.28 Å². The quantitative estimate of drug-likeness (QED) is 0.264. The molecule has 6 rings (SSSR count). The van der Waals surface area contributed by atoms with E-state index in [1.807, 2.05) is 6.07 Å². The molecule has 4 aromatic carbocycles. The summed E-state index contributed by atoms with van der Waals surface area (Å²) in [5, 5.41) is 4.97. The Morgan fingerprint density at radius 3 is 2.30 bits per heavy atom. The molecular formula is C26H15ClN2S. The number of halogens is 1. The fourth-order valence-electron chi connectivity index (χ4n) is 4.10. The highest BCUT2D eigenvalue weighted by Gasteiger charge is 2.17. The molecule has 6 aromatic rings. The Kier molecular flexibility index (Phi) is 4.05. The van der Waals surface area contributed by atoms with Crippen molar-refractivity contribution < 1.29 is 0 Å². The number of nitrogens with zero attached hydrogens (tertiary/aromatic N) is 2. The highest BCUT2D eigenvalue weighted by Crippen LogP contribution is 2.42. The fraction of sp³-hybridized carbons (Fsp3) is 0. The summed E-state index contributed by atoms with van der Waals surface area (Å²) in [6.07, 6.45) is 0. The van der Waals surface area contributed by atoms with Crippen molar-refractivity contribution in [3.05, 3.63) is 96.3 Å². The first kappa shape index (κ1) is 17.6. The van der Waals surface area contributed by atoms with E-state index in [0.717, 1.165) is 27.0 Å². The molecule has 2 heterocycles. The first-order valence-electron chi connectivity index (χ1n) is 9.71. The average molecular weight is 423 g/mol. The van der Waals surface area contributed by atoms with Crippen LogP contribution >= 0.6 is 22.9 Å². The molecule has 0 aliphatic heterocycles. The van der Waals surface area contributed by atoms with Crippen molar-refractivity contribution in [2.24, 2.45) is 0 Å². The van der Waals surface area contributed by atoms with Crippen molar-refractivity contribution in [2.45, 2.75) is 0 Å². The van der Waals surface area contributed by atoms with Gasteiger partial charge >= 0.3 is 0 Å². The van der Waals surface area contributed by atoms with Gasteiger partial charge in [0.1, 0.15) is 4.83 Å². The van der Waals surface area contributed by atoms with Crippen molar-refractivity contribution in [2.75, 3.05) is 0 Å². The van der Waals surface area contributed by atoms with Crippen LogP contribution in [0.25, 0.3) is 53.5 Å². The Hall–Kier alpha value is -3.27. The molecule has 142 valence electrons.